The second-order valence-electron chi connectivity index (χ2n) is 6.90. The second-order valence-corrected chi connectivity index (χ2v) is 10.9. The Morgan fingerprint density at radius 2 is 1.76 bits per heavy atom. The van der Waals surface area contributed by atoms with E-state index < -0.39 is 19.9 Å². The van der Waals surface area contributed by atoms with Crippen LogP contribution in [0.25, 0.3) is 0 Å². The van der Waals surface area contributed by atoms with Gasteiger partial charge >= 0.3 is 0 Å². The van der Waals surface area contributed by atoms with Crippen LogP contribution in [0.3, 0.4) is 0 Å². The molecule has 1 heterocycles. The summed E-state index contributed by atoms with van der Waals surface area (Å²) < 4.78 is 51.3. The van der Waals surface area contributed by atoms with Crippen LogP contribution in [0.4, 0.5) is 0 Å². The molecule has 8 heteroatoms. The van der Waals surface area contributed by atoms with Crippen molar-refractivity contribution in [3.8, 4) is 0 Å². The van der Waals surface area contributed by atoms with Crippen molar-refractivity contribution in [2.75, 3.05) is 25.4 Å². The van der Waals surface area contributed by atoms with Gasteiger partial charge in [-0.2, -0.15) is 0 Å². The third kappa shape index (κ3) is 5.51. The number of piperidine rings is 1. The van der Waals surface area contributed by atoms with Gasteiger partial charge in [-0.1, -0.05) is 13.8 Å². The second kappa shape index (κ2) is 8.16. The average molecular weight is 389 g/mol. The van der Waals surface area contributed by atoms with E-state index in [4.69, 9.17) is 0 Å². The zero-order valence-corrected chi connectivity index (χ0v) is 16.7. The van der Waals surface area contributed by atoms with E-state index in [-0.39, 0.29) is 21.6 Å². The van der Waals surface area contributed by atoms with Gasteiger partial charge in [-0.25, -0.2) is 21.6 Å². The average Bonchev–Trinajstić information content (AvgIpc) is 2.54. The van der Waals surface area contributed by atoms with Gasteiger partial charge in [0.25, 0.3) is 0 Å². The van der Waals surface area contributed by atoms with Gasteiger partial charge < -0.3 is 4.90 Å². The Kier molecular flexibility index (Phi) is 6.64. The standard InChI is InChI=1S/C17H28N2O4S2/c1-4-24(20,21)16-7-9-17(10-8-16)25(22,23)18-15(3)13-19-11-5-6-14(2)12-19/h7-10,14-15,18H,4-6,11-13H2,1-3H3/t14-,15-/m1/s1. The molecule has 2 atom stereocenters. The topological polar surface area (TPSA) is 83.5 Å². The van der Waals surface area contributed by atoms with Crippen molar-refractivity contribution in [2.24, 2.45) is 5.92 Å². The van der Waals surface area contributed by atoms with Gasteiger partial charge in [0.1, 0.15) is 0 Å². The lowest BCUT2D eigenvalue weighted by atomic mass is 10.00. The Bertz CT molecular complexity index is 773. The number of benzene rings is 1. The van der Waals surface area contributed by atoms with Gasteiger partial charge in [-0.3, -0.25) is 0 Å². The summed E-state index contributed by atoms with van der Waals surface area (Å²) in [7, 11) is -6.99. The van der Waals surface area contributed by atoms with Crippen LogP contribution in [0.5, 0.6) is 0 Å². The normalized spacial score (nSPS) is 21.2. The van der Waals surface area contributed by atoms with Crippen LogP contribution in [0.15, 0.2) is 34.1 Å². The van der Waals surface area contributed by atoms with Crippen LogP contribution in [0.2, 0.25) is 0 Å². The SMILES string of the molecule is CCS(=O)(=O)c1ccc(S(=O)(=O)N[C@H](C)CN2CCC[C@@H](C)C2)cc1. The molecule has 0 amide bonds. The number of hydrogen-bond donors (Lipinski definition) is 1. The van der Waals surface area contributed by atoms with Crippen molar-refractivity contribution in [1.82, 2.24) is 9.62 Å². The minimum absolute atomic E-state index is 0.0113. The molecule has 0 unspecified atom stereocenters. The highest BCUT2D eigenvalue weighted by Crippen LogP contribution is 2.17. The first-order chi connectivity index (χ1) is 11.6. The van der Waals surface area contributed by atoms with E-state index >= 15 is 0 Å². The molecule has 1 fully saturated rings. The lowest BCUT2D eigenvalue weighted by molar-refractivity contribution is 0.174. The maximum atomic E-state index is 12.5. The van der Waals surface area contributed by atoms with Gasteiger partial charge in [-0.15, -0.1) is 0 Å². The molecule has 0 radical (unpaired) electrons. The van der Waals surface area contributed by atoms with Crippen LogP contribution in [-0.4, -0.2) is 53.2 Å². The highest BCUT2D eigenvalue weighted by Gasteiger charge is 2.22. The van der Waals surface area contributed by atoms with E-state index in [1.807, 2.05) is 6.92 Å². The Morgan fingerprint density at radius 1 is 1.16 bits per heavy atom. The number of sulfone groups is 1. The molecule has 1 aliphatic rings. The number of nitrogens with zero attached hydrogens (tertiary/aromatic N) is 1. The number of likely N-dealkylation sites (tertiary alicyclic amines) is 1. The zero-order valence-electron chi connectivity index (χ0n) is 15.1. The van der Waals surface area contributed by atoms with Crippen molar-refractivity contribution in [1.29, 1.82) is 0 Å². The molecule has 2 rings (SSSR count). The summed E-state index contributed by atoms with van der Waals surface area (Å²) in [5.74, 6) is 0.633. The van der Waals surface area contributed by atoms with Gasteiger partial charge in [-0.05, 0) is 56.5 Å². The van der Waals surface area contributed by atoms with Gasteiger partial charge in [0.15, 0.2) is 9.84 Å². The highest BCUT2D eigenvalue weighted by atomic mass is 32.2. The Balaban J connectivity index is 2.03. The molecule has 142 valence electrons. The van der Waals surface area contributed by atoms with Gasteiger partial charge in [0.05, 0.1) is 15.5 Å². The van der Waals surface area contributed by atoms with Crippen LogP contribution in [-0.2, 0) is 19.9 Å². The van der Waals surface area contributed by atoms with E-state index in [1.165, 1.54) is 30.7 Å². The Labute approximate surface area is 151 Å². The molecule has 0 saturated carbocycles. The zero-order chi connectivity index (χ0) is 18.7. The third-order valence-corrected chi connectivity index (χ3v) is 7.86. The summed E-state index contributed by atoms with van der Waals surface area (Å²) in [5, 5.41) is 0. The fourth-order valence-corrected chi connectivity index (χ4v) is 5.32. The fraction of sp³-hybridized carbons (Fsp3) is 0.647. The first kappa shape index (κ1) is 20.4. The maximum Gasteiger partial charge on any atom is 0.240 e. The van der Waals surface area contributed by atoms with Crippen molar-refractivity contribution in [3.63, 3.8) is 0 Å². The summed E-state index contributed by atoms with van der Waals surface area (Å²) in [5.41, 5.74) is 0. The monoisotopic (exact) mass is 388 g/mol. The van der Waals surface area contributed by atoms with Crippen LogP contribution >= 0.6 is 0 Å². The van der Waals surface area contributed by atoms with Crippen molar-refractivity contribution < 1.29 is 16.8 Å². The fourth-order valence-electron chi connectivity index (χ4n) is 3.20. The lowest BCUT2D eigenvalue weighted by Crippen LogP contribution is -2.45. The smallest absolute Gasteiger partial charge is 0.240 e. The maximum absolute atomic E-state index is 12.5. The number of sulfonamides is 1. The molecule has 1 aromatic carbocycles. The molecule has 6 nitrogen and oxygen atoms in total. The van der Waals surface area contributed by atoms with E-state index in [1.54, 1.807) is 6.92 Å². The molecule has 1 N–H and O–H groups in total. The van der Waals surface area contributed by atoms with Gasteiger partial charge in [0, 0.05) is 19.1 Å². The van der Waals surface area contributed by atoms with Crippen molar-refractivity contribution in [3.05, 3.63) is 24.3 Å². The van der Waals surface area contributed by atoms with Gasteiger partial charge in [0.2, 0.25) is 10.0 Å². The predicted octanol–water partition coefficient (Wildman–Crippen LogP) is 1.88. The first-order valence-electron chi connectivity index (χ1n) is 8.71. The molecule has 1 aromatic rings. The summed E-state index contributed by atoms with van der Waals surface area (Å²) in [4.78, 5) is 2.52. The largest absolute Gasteiger partial charge is 0.301 e. The summed E-state index contributed by atoms with van der Waals surface area (Å²) in [6.45, 7) is 8.30. The first-order valence-corrected chi connectivity index (χ1v) is 11.8. The lowest BCUT2D eigenvalue weighted by Gasteiger charge is -2.32. The minimum atomic E-state index is -3.66. The van der Waals surface area contributed by atoms with E-state index in [0.29, 0.717) is 12.5 Å². The Morgan fingerprint density at radius 3 is 2.32 bits per heavy atom. The van der Waals surface area contributed by atoms with E-state index in [0.717, 1.165) is 19.5 Å². The molecular weight excluding hydrogens is 360 g/mol. The predicted molar refractivity (Wildman–Crippen MR) is 98.8 cm³/mol. The molecule has 0 aliphatic carbocycles. The van der Waals surface area contributed by atoms with Crippen molar-refractivity contribution >= 4 is 19.9 Å². The molecule has 0 aromatic heterocycles. The number of hydrogen-bond acceptors (Lipinski definition) is 5. The number of rotatable bonds is 7. The van der Waals surface area contributed by atoms with Crippen LogP contribution in [0, 0.1) is 5.92 Å². The molecule has 0 spiro atoms. The molecule has 1 aliphatic heterocycles. The number of nitrogens with one attached hydrogen (secondary N) is 1. The molecule has 25 heavy (non-hydrogen) atoms. The highest BCUT2D eigenvalue weighted by molar-refractivity contribution is 7.91. The summed E-state index contributed by atoms with van der Waals surface area (Å²) >= 11 is 0. The molecule has 0 bridgehead atoms. The Hall–Kier alpha value is -0.960. The van der Waals surface area contributed by atoms with Crippen molar-refractivity contribution in [2.45, 2.75) is 49.4 Å². The quantitative estimate of drug-likeness (QED) is 0.771. The minimum Gasteiger partial charge on any atom is -0.301 e. The summed E-state index contributed by atoms with van der Waals surface area (Å²) in [6, 6.07) is 5.19. The molecule has 1 saturated heterocycles. The molecular formula is C17H28N2O4S2. The van der Waals surface area contributed by atoms with E-state index in [9.17, 15) is 16.8 Å². The summed E-state index contributed by atoms with van der Waals surface area (Å²) in [6.07, 6.45) is 2.37. The third-order valence-electron chi connectivity index (χ3n) is 4.50. The van der Waals surface area contributed by atoms with Crippen LogP contribution < -0.4 is 4.72 Å². The van der Waals surface area contributed by atoms with E-state index in [2.05, 4.69) is 16.5 Å². The van der Waals surface area contributed by atoms with Crippen LogP contribution in [0.1, 0.15) is 33.6 Å².